The van der Waals surface area contributed by atoms with E-state index in [9.17, 15) is 0 Å². The molecule has 162 valence electrons. The highest BCUT2D eigenvalue weighted by molar-refractivity contribution is 7.99. The number of hydrogen-bond donors (Lipinski definition) is 1. The third kappa shape index (κ3) is 4.50. The van der Waals surface area contributed by atoms with Gasteiger partial charge in [-0.3, -0.25) is 0 Å². The Balaban J connectivity index is 1.77. The minimum Gasteiger partial charge on any atom is -0.493 e. The first-order valence-electron chi connectivity index (χ1n) is 9.96. The fourth-order valence-electron chi connectivity index (χ4n) is 3.23. The molecule has 1 aromatic heterocycles. The number of ether oxygens (including phenoxy) is 3. The van der Waals surface area contributed by atoms with Crippen molar-refractivity contribution in [1.82, 2.24) is 15.2 Å². The Labute approximate surface area is 190 Å². The number of fused-ring (bicyclic) bond motifs is 3. The molecule has 2 heterocycles. The van der Waals surface area contributed by atoms with Gasteiger partial charge in [0.2, 0.25) is 11.0 Å². The van der Waals surface area contributed by atoms with E-state index in [4.69, 9.17) is 25.8 Å². The van der Waals surface area contributed by atoms with Gasteiger partial charge in [0.25, 0.3) is 0 Å². The summed E-state index contributed by atoms with van der Waals surface area (Å²) in [6, 6.07) is 11.3. The summed E-state index contributed by atoms with van der Waals surface area (Å²) in [5.74, 6) is 2.43. The summed E-state index contributed by atoms with van der Waals surface area (Å²) in [6.07, 6.45) is 1.58. The van der Waals surface area contributed by atoms with Crippen LogP contribution in [-0.4, -0.2) is 35.2 Å². The summed E-state index contributed by atoms with van der Waals surface area (Å²) in [7, 11) is 3.15. The third-order valence-corrected chi connectivity index (χ3v) is 6.10. The molecule has 1 atom stereocenters. The van der Waals surface area contributed by atoms with E-state index >= 15 is 0 Å². The molecule has 7 nitrogen and oxygen atoms in total. The number of halogens is 1. The van der Waals surface area contributed by atoms with Gasteiger partial charge in [-0.15, -0.1) is 10.2 Å². The number of benzene rings is 2. The standard InChI is InChI=1S/C22H23ClN4O3S/c1-4-5-10-31-22-25-21-19(26-27-22)13-8-6-7-9-16(13)24-20(30-21)14-11-17(28-2)18(29-3)12-15(14)23/h6-9,11-12,20,24H,4-5,10H2,1-3H3/t20-/m1/s1. The average molecular weight is 459 g/mol. The second-order valence-electron chi connectivity index (χ2n) is 6.87. The van der Waals surface area contributed by atoms with Crippen molar-refractivity contribution in [3.05, 3.63) is 47.0 Å². The maximum Gasteiger partial charge on any atom is 0.247 e. The Hall–Kier alpha value is -2.71. The number of nitrogens with one attached hydrogen (secondary N) is 1. The van der Waals surface area contributed by atoms with E-state index in [0.29, 0.717) is 38.8 Å². The van der Waals surface area contributed by atoms with Crippen molar-refractivity contribution in [2.75, 3.05) is 25.3 Å². The largest absolute Gasteiger partial charge is 0.493 e. The van der Waals surface area contributed by atoms with Crippen LogP contribution in [0.4, 0.5) is 5.69 Å². The zero-order chi connectivity index (χ0) is 21.8. The van der Waals surface area contributed by atoms with Gasteiger partial charge in [-0.1, -0.05) is 54.9 Å². The van der Waals surface area contributed by atoms with Crippen molar-refractivity contribution in [2.24, 2.45) is 0 Å². The molecule has 31 heavy (non-hydrogen) atoms. The summed E-state index contributed by atoms with van der Waals surface area (Å²) in [4.78, 5) is 4.65. The van der Waals surface area contributed by atoms with E-state index in [1.807, 2.05) is 24.3 Å². The number of nitrogens with zero attached hydrogens (tertiary/aromatic N) is 3. The van der Waals surface area contributed by atoms with Gasteiger partial charge in [-0.2, -0.15) is 4.98 Å². The van der Waals surface area contributed by atoms with Crippen LogP contribution >= 0.6 is 23.4 Å². The van der Waals surface area contributed by atoms with Crippen LogP contribution in [0.3, 0.4) is 0 Å². The van der Waals surface area contributed by atoms with Gasteiger partial charge < -0.3 is 19.5 Å². The number of anilines is 1. The molecule has 1 N–H and O–H groups in total. The Morgan fingerprint density at radius 3 is 2.68 bits per heavy atom. The lowest BCUT2D eigenvalue weighted by Crippen LogP contribution is -2.18. The number of rotatable bonds is 7. The Morgan fingerprint density at radius 1 is 1.13 bits per heavy atom. The van der Waals surface area contributed by atoms with Crippen LogP contribution in [0.1, 0.15) is 31.6 Å². The first-order chi connectivity index (χ1) is 15.1. The highest BCUT2D eigenvalue weighted by atomic mass is 35.5. The summed E-state index contributed by atoms with van der Waals surface area (Å²) in [6.45, 7) is 2.15. The minimum atomic E-state index is -0.611. The molecule has 0 bridgehead atoms. The highest BCUT2D eigenvalue weighted by Crippen LogP contribution is 2.43. The predicted octanol–water partition coefficient (Wildman–Crippen LogP) is 5.60. The number of unbranched alkanes of at least 4 members (excludes halogenated alkanes) is 1. The number of aromatic nitrogens is 3. The molecule has 0 radical (unpaired) electrons. The van der Waals surface area contributed by atoms with Crippen LogP contribution in [-0.2, 0) is 0 Å². The van der Waals surface area contributed by atoms with Gasteiger partial charge in [0.05, 0.1) is 19.2 Å². The summed E-state index contributed by atoms with van der Waals surface area (Å²) in [5, 5.41) is 13.2. The SMILES string of the molecule is CCCCSc1nnc2c(n1)O[C@H](c1cc(OC)c(OC)cc1Cl)Nc1ccccc1-2. The summed E-state index contributed by atoms with van der Waals surface area (Å²) < 4.78 is 17.1. The Bertz CT molecular complexity index is 1080. The van der Waals surface area contributed by atoms with Gasteiger partial charge in [-0.05, 0) is 18.6 Å². The quantitative estimate of drug-likeness (QED) is 0.362. The molecular formula is C22H23ClN4O3S. The zero-order valence-corrected chi connectivity index (χ0v) is 19.1. The fraction of sp³-hybridized carbons (Fsp3) is 0.318. The Morgan fingerprint density at radius 2 is 1.90 bits per heavy atom. The molecule has 1 aliphatic heterocycles. The monoisotopic (exact) mass is 458 g/mol. The van der Waals surface area contributed by atoms with Crippen molar-refractivity contribution in [2.45, 2.75) is 31.1 Å². The van der Waals surface area contributed by atoms with E-state index < -0.39 is 6.23 Å². The lowest BCUT2D eigenvalue weighted by atomic mass is 10.1. The molecule has 1 aliphatic rings. The average Bonchev–Trinajstić information content (AvgIpc) is 2.95. The van der Waals surface area contributed by atoms with Crippen LogP contribution in [0.25, 0.3) is 11.3 Å². The van der Waals surface area contributed by atoms with Crippen molar-refractivity contribution < 1.29 is 14.2 Å². The van der Waals surface area contributed by atoms with Gasteiger partial charge in [0.15, 0.2) is 23.4 Å². The van der Waals surface area contributed by atoms with Crippen molar-refractivity contribution in [3.63, 3.8) is 0 Å². The van der Waals surface area contributed by atoms with Crippen molar-refractivity contribution in [3.8, 4) is 28.6 Å². The van der Waals surface area contributed by atoms with E-state index in [0.717, 1.165) is 29.8 Å². The van der Waals surface area contributed by atoms with Crippen LogP contribution in [0.5, 0.6) is 17.4 Å². The molecule has 0 spiro atoms. The number of thioether (sulfide) groups is 1. The maximum absolute atomic E-state index is 6.59. The maximum atomic E-state index is 6.59. The van der Waals surface area contributed by atoms with E-state index in [1.54, 1.807) is 38.1 Å². The molecule has 0 saturated carbocycles. The molecule has 2 aromatic carbocycles. The van der Waals surface area contributed by atoms with E-state index in [2.05, 4.69) is 27.4 Å². The molecule has 0 aliphatic carbocycles. The number of methoxy groups -OCH3 is 2. The second-order valence-corrected chi connectivity index (χ2v) is 8.34. The summed E-state index contributed by atoms with van der Waals surface area (Å²) in [5.41, 5.74) is 2.99. The van der Waals surface area contributed by atoms with Crippen LogP contribution < -0.4 is 19.5 Å². The second kappa shape index (κ2) is 9.62. The highest BCUT2D eigenvalue weighted by Gasteiger charge is 2.28. The molecule has 4 rings (SSSR count). The first kappa shape index (κ1) is 21.5. The predicted molar refractivity (Wildman–Crippen MR) is 122 cm³/mol. The van der Waals surface area contributed by atoms with Gasteiger partial charge in [-0.25, -0.2) is 0 Å². The van der Waals surface area contributed by atoms with Gasteiger partial charge in [0.1, 0.15) is 0 Å². The number of para-hydroxylation sites is 1. The van der Waals surface area contributed by atoms with Crippen molar-refractivity contribution >= 4 is 29.1 Å². The smallest absolute Gasteiger partial charge is 0.247 e. The van der Waals surface area contributed by atoms with E-state index in [-0.39, 0.29) is 0 Å². The Kier molecular flexibility index (Phi) is 6.67. The topological polar surface area (TPSA) is 78.4 Å². The molecule has 0 saturated heterocycles. The van der Waals surface area contributed by atoms with Crippen LogP contribution in [0.15, 0.2) is 41.6 Å². The lowest BCUT2D eigenvalue weighted by Gasteiger charge is -2.21. The summed E-state index contributed by atoms with van der Waals surface area (Å²) >= 11 is 8.16. The fourth-order valence-corrected chi connectivity index (χ4v) is 4.34. The minimum absolute atomic E-state index is 0.405. The van der Waals surface area contributed by atoms with Crippen LogP contribution in [0.2, 0.25) is 5.02 Å². The zero-order valence-electron chi connectivity index (χ0n) is 17.5. The van der Waals surface area contributed by atoms with Crippen molar-refractivity contribution in [1.29, 1.82) is 0 Å². The molecule has 0 fully saturated rings. The van der Waals surface area contributed by atoms with E-state index in [1.165, 1.54) is 0 Å². The number of hydrogen-bond acceptors (Lipinski definition) is 8. The third-order valence-electron chi connectivity index (χ3n) is 4.85. The lowest BCUT2D eigenvalue weighted by molar-refractivity contribution is 0.224. The first-order valence-corrected chi connectivity index (χ1v) is 11.3. The molecule has 3 aromatic rings. The molecule has 9 heteroatoms. The molecule has 0 unspecified atom stereocenters. The molecular weight excluding hydrogens is 436 g/mol. The van der Waals surface area contributed by atoms with Gasteiger partial charge >= 0.3 is 0 Å². The normalized spacial score (nSPS) is 14.5. The van der Waals surface area contributed by atoms with Crippen LogP contribution in [0, 0.1) is 0 Å². The molecule has 0 amide bonds. The van der Waals surface area contributed by atoms with Gasteiger partial charge in [0, 0.05) is 28.6 Å².